The van der Waals surface area contributed by atoms with Crippen molar-refractivity contribution in [3.05, 3.63) is 89.5 Å². The fourth-order valence-corrected chi connectivity index (χ4v) is 4.33. The van der Waals surface area contributed by atoms with Crippen molar-refractivity contribution in [1.82, 2.24) is 5.32 Å². The molecule has 1 aliphatic carbocycles. The molecule has 4 rings (SSSR count). The number of carbonyl (C=O) groups is 3. The molecule has 4 N–H and O–H groups in total. The van der Waals surface area contributed by atoms with Crippen LogP contribution in [0.5, 0.6) is 0 Å². The Balaban J connectivity index is 1.35. The third-order valence-electron chi connectivity index (χ3n) is 5.93. The number of fused-ring (bicyclic) bond motifs is 3. The zero-order valence-electron chi connectivity index (χ0n) is 18.9. The van der Waals surface area contributed by atoms with Gasteiger partial charge in [-0.25, -0.2) is 9.59 Å². The van der Waals surface area contributed by atoms with Crippen molar-refractivity contribution in [2.75, 3.05) is 18.5 Å². The van der Waals surface area contributed by atoms with Gasteiger partial charge >= 0.3 is 12.1 Å². The van der Waals surface area contributed by atoms with E-state index in [0.717, 1.165) is 22.3 Å². The first-order valence-electron chi connectivity index (χ1n) is 11.3. The molecule has 0 fully saturated rings. The first kappa shape index (κ1) is 24.0. The summed E-state index contributed by atoms with van der Waals surface area (Å²) in [6.45, 7) is -0.166. The fourth-order valence-electron chi connectivity index (χ4n) is 4.33. The molecule has 8 nitrogen and oxygen atoms in total. The van der Waals surface area contributed by atoms with Gasteiger partial charge in [-0.05, 0) is 39.9 Å². The van der Waals surface area contributed by atoms with Gasteiger partial charge in [0.05, 0.1) is 6.42 Å². The average molecular weight is 475 g/mol. The van der Waals surface area contributed by atoms with Crippen LogP contribution in [0.3, 0.4) is 0 Å². The lowest BCUT2D eigenvalue weighted by Crippen LogP contribution is -2.42. The highest BCUT2D eigenvalue weighted by Crippen LogP contribution is 2.44. The van der Waals surface area contributed by atoms with Crippen LogP contribution in [0.2, 0.25) is 0 Å². The summed E-state index contributed by atoms with van der Waals surface area (Å²) in [5, 5.41) is 23.1. The minimum Gasteiger partial charge on any atom is -0.480 e. The Morgan fingerprint density at radius 3 is 2.20 bits per heavy atom. The number of nitrogens with one attached hydrogen (secondary N) is 2. The smallest absolute Gasteiger partial charge is 0.411 e. The highest BCUT2D eigenvalue weighted by Gasteiger charge is 2.29. The number of anilines is 1. The van der Waals surface area contributed by atoms with Gasteiger partial charge in [0.15, 0.2) is 0 Å². The van der Waals surface area contributed by atoms with E-state index in [1.165, 1.54) is 0 Å². The Kier molecular flexibility index (Phi) is 7.42. The number of carbonyl (C=O) groups excluding carboxylic acids is 2. The second-order valence-electron chi connectivity index (χ2n) is 8.30. The normalized spacial score (nSPS) is 12.8. The van der Waals surface area contributed by atoms with Crippen LogP contribution in [0.4, 0.5) is 10.5 Å². The van der Waals surface area contributed by atoms with E-state index in [2.05, 4.69) is 22.8 Å². The summed E-state index contributed by atoms with van der Waals surface area (Å²) in [5.74, 6) is -1.76. The van der Waals surface area contributed by atoms with Crippen LogP contribution >= 0.6 is 0 Å². The van der Waals surface area contributed by atoms with Crippen LogP contribution in [0, 0.1) is 0 Å². The van der Waals surface area contributed by atoms with Crippen LogP contribution in [0.25, 0.3) is 11.1 Å². The maximum absolute atomic E-state index is 12.5. The van der Waals surface area contributed by atoms with E-state index in [9.17, 15) is 14.4 Å². The number of aliphatic hydroxyl groups is 1. The standard InChI is InChI=1S/C27H26N2O6/c30-13-12-24(26(32)33)29-25(31)15-17-6-5-7-18(14-17)28-27(34)35-16-23-21-10-3-1-8-19(21)20-9-2-4-11-22(20)23/h1-11,14,23-24,30H,12-13,15-16H2,(H,28,34)(H,29,31)(H,32,33)/t24-/m0/s1. The van der Waals surface area contributed by atoms with Crippen LogP contribution in [-0.4, -0.2) is 47.4 Å². The summed E-state index contributed by atoms with van der Waals surface area (Å²) < 4.78 is 5.55. The Bertz CT molecular complexity index is 1200. The number of aliphatic hydroxyl groups excluding tert-OH is 1. The van der Waals surface area contributed by atoms with E-state index in [1.54, 1.807) is 24.3 Å². The number of hydrogen-bond donors (Lipinski definition) is 4. The van der Waals surface area contributed by atoms with Crippen molar-refractivity contribution in [3.8, 4) is 11.1 Å². The van der Waals surface area contributed by atoms with Crippen LogP contribution in [0.1, 0.15) is 29.0 Å². The number of aliphatic carboxylic acids is 1. The first-order valence-corrected chi connectivity index (χ1v) is 11.3. The number of carboxylic acids is 1. The molecular weight excluding hydrogens is 448 g/mol. The van der Waals surface area contributed by atoms with Crippen molar-refractivity contribution in [2.24, 2.45) is 0 Å². The summed E-state index contributed by atoms with van der Waals surface area (Å²) >= 11 is 0. The van der Waals surface area contributed by atoms with Crippen LogP contribution in [-0.2, 0) is 20.7 Å². The molecule has 3 aromatic carbocycles. The SMILES string of the molecule is O=C(Cc1cccc(NC(=O)OCC2c3ccccc3-c3ccccc32)c1)N[C@@H](CCO)C(=O)O. The van der Waals surface area contributed by atoms with Gasteiger partial charge in [0.25, 0.3) is 0 Å². The summed E-state index contributed by atoms with van der Waals surface area (Å²) in [5.41, 5.74) is 5.58. The van der Waals surface area contributed by atoms with Crippen molar-refractivity contribution in [2.45, 2.75) is 24.8 Å². The highest BCUT2D eigenvalue weighted by atomic mass is 16.5. The quantitative estimate of drug-likeness (QED) is 0.376. The van der Waals surface area contributed by atoms with Gasteiger partial charge in [0.2, 0.25) is 5.91 Å². The molecule has 0 spiro atoms. The van der Waals surface area contributed by atoms with Crippen molar-refractivity contribution >= 4 is 23.7 Å². The Morgan fingerprint density at radius 2 is 1.57 bits per heavy atom. The lowest BCUT2D eigenvalue weighted by molar-refractivity contribution is -0.142. The number of hydrogen-bond acceptors (Lipinski definition) is 5. The van der Waals surface area contributed by atoms with Crippen molar-refractivity contribution in [3.63, 3.8) is 0 Å². The third kappa shape index (κ3) is 5.67. The number of carboxylic acid groups (broad SMARTS) is 1. The van der Waals surface area contributed by atoms with Gasteiger partial charge in [0, 0.05) is 24.6 Å². The molecule has 35 heavy (non-hydrogen) atoms. The zero-order valence-corrected chi connectivity index (χ0v) is 18.9. The molecule has 2 amide bonds. The second-order valence-corrected chi connectivity index (χ2v) is 8.30. The van der Waals surface area contributed by atoms with E-state index in [4.69, 9.17) is 14.9 Å². The molecule has 0 aromatic heterocycles. The molecule has 8 heteroatoms. The molecule has 0 saturated carbocycles. The third-order valence-corrected chi connectivity index (χ3v) is 5.93. The van der Waals surface area contributed by atoms with Gasteiger partial charge in [-0.3, -0.25) is 10.1 Å². The number of benzene rings is 3. The summed E-state index contributed by atoms with van der Waals surface area (Å²) in [7, 11) is 0. The van der Waals surface area contributed by atoms with Gasteiger partial charge in [-0.15, -0.1) is 0 Å². The van der Waals surface area contributed by atoms with Gasteiger partial charge in [-0.2, -0.15) is 0 Å². The second kappa shape index (κ2) is 10.8. The lowest BCUT2D eigenvalue weighted by atomic mass is 9.98. The number of amides is 2. The molecular formula is C27H26N2O6. The molecule has 0 heterocycles. The molecule has 1 atom stereocenters. The van der Waals surface area contributed by atoms with E-state index in [-0.39, 0.29) is 32.0 Å². The first-order chi connectivity index (χ1) is 17.0. The Labute approximate surface area is 202 Å². The van der Waals surface area contributed by atoms with E-state index < -0.39 is 24.0 Å². The van der Waals surface area contributed by atoms with Crippen molar-refractivity contribution in [1.29, 1.82) is 0 Å². The predicted molar refractivity (Wildman–Crippen MR) is 130 cm³/mol. The maximum atomic E-state index is 12.5. The lowest BCUT2D eigenvalue weighted by Gasteiger charge is -2.15. The van der Waals surface area contributed by atoms with E-state index >= 15 is 0 Å². The van der Waals surface area contributed by atoms with Crippen LogP contribution in [0.15, 0.2) is 72.8 Å². The fraction of sp³-hybridized carbons (Fsp3) is 0.222. The molecule has 180 valence electrons. The van der Waals surface area contributed by atoms with Gasteiger partial charge < -0.3 is 20.3 Å². The van der Waals surface area contributed by atoms with E-state index in [0.29, 0.717) is 11.3 Å². The molecule has 3 aromatic rings. The molecule has 0 saturated heterocycles. The van der Waals surface area contributed by atoms with Crippen molar-refractivity contribution < 1.29 is 29.3 Å². The summed E-state index contributed by atoms with van der Waals surface area (Å²) in [6, 6.07) is 21.7. The Morgan fingerprint density at radius 1 is 0.914 bits per heavy atom. The predicted octanol–water partition coefficient (Wildman–Crippen LogP) is 3.54. The van der Waals surface area contributed by atoms with Gasteiger partial charge in [0.1, 0.15) is 12.6 Å². The zero-order chi connectivity index (χ0) is 24.8. The molecule has 1 aliphatic rings. The van der Waals surface area contributed by atoms with Crippen LogP contribution < -0.4 is 10.6 Å². The minimum absolute atomic E-state index is 0.0516. The average Bonchev–Trinajstić information content (AvgIpc) is 3.16. The molecule has 0 radical (unpaired) electrons. The topological polar surface area (TPSA) is 125 Å². The molecule has 0 unspecified atom stereocenters. The largest absolute Gasteiger partial charge is 0.480 e. The molecule has 0 aliphatic heterocycles. The summed E-state index contributed by atoms with van der Waals surface area (Å²) in [6.07, 6.45) is -0.762. The number of ether oxygens (including phenoxy) is 1. The maximum Gasteiger partial charge on any atom is 0.411 e. The highest BCUT2D eigenvalue weighted by molar-refractivity contribution is 5.87. The monoisotopic (exact) mass is 474 g/mol. The summed E-state index contributed by atoms with van der Waals surface area (Å²) in [4.78, 5) is 35.9. The van der Waals surface area contributed by atoms with E-state index in [1.807, 2.05) is 36.4 Å². The van der Waals surface area contributed by atoms with Gasteiger partial charge in [-0.1, -0.05) is 60.7 Å². The number of rotatable bonds is 9. The minimum atomic E-state index is -1.21. The Hall–Kier alpha value is -4.17. The molecule has 0 bridgehead atoms.